The number of anilines is 2. The molecule has 0 bridgehead atoms. The highest BCUT2D eigenvalue weighted by Crippen LogP contribution is 2.39. The molecule has 0 aliphatic carbocycles. The monoisotopic (exact) mass is 412 g/mol. The number of hydrogen-bond donors (Lipinski definition) is 4. The van der Waals surface area contributed by atoms with Crippen LogP contribution in [0.5, 0.6) is 0 Å². The predicted molar refractivity (Wildman–Crippen MR) is 115 cm³/mol. The van der Waals surface area contributed by atoms with Gasteiger partial charge in [-0.05, 0) is 17.7 Å². The number of carboxylic acids is 1. The molecule has 10 heteroatoms. The van der Waals surface area contributed by atoms with Crippen LogP contribution in [0.25, 0.3) is 33.5 Å². The van der Waals surface area contributed by atoms with Crippen LogP contribution in [0.4, 0.5) is 11.4 Å². The average molecular weight is 412 g/mol. The molecule has 6 aromatic rings. The Hall–Kier alpha value is -4.57. The second-order valence-electron chi connectivity index (χ2n) is 7.14. The van der Waals surface area contributed by atoms with E-state index < -0.39 is 5.97 Å². The molecule has 0 spiro atoms. The molecule has 0 atom stereocenters. The Morgan fingerprint density at radius 3 is 2.77 bits per heavy atom. The Bertz CT molecular complexity index is 1590. The van der Waals surface area contributed by atoms with Crippen LogP contribution in [-0.2, 0) is 0 Å². The van der Waals surface area contributed by atoms with E-state index in [4.69, 9.17) is 5.84 Å². The van der Waals surface area contributed by atoms with Gasteiger partial charge in [-0.3, -0.25) is 10.1 Å². The van der Waals surface area contributed by atoms with Crippen LogP contribution < -0.4 is 10.9 Å². The lowest BCUT2D eigenvalue weighted by atomic mass is 10.0. The van der Waals surface area contributed by atoms with Crippen LogP contribution in [0.15, 0.2) is 67.1 Å². The SMILES string of the molecule is NN(c1cc2c(cc1-c1ccccc1)[nH]c1ccnn12)c1c(C(=O)O)[nH]n2ccnc12. The minimum absolute atomic E-state index is 0.0528. The summed E-state index contributed by atoms with van der Waals surface area (Å²) in [6, 6.07) is 15.5. The van der Waals surface area contributed by atoms with E-state index in [0.29, 0.717) is 11.3 Å². The second-order valence-corrected chi connectivity index (χ2v) is 7.14. The number of fused-ring (bicyclic) bond motifs is 4. The van der Waals surface area contributed by atoms with E-state index >= 15 is 0 Å². The molecule has 4 aromatic heterocycles. The standard InChI is InChI=1S/C21H16N8O2/c22-28(19-18(21(30)31)26-27-9-8-23-20(19)27)15-11-16-14(25-17-6-7-24-29(16)17)10-13(15)12-4-2-1-3-5-12/h1-11,25-26H,22H2,(H,30,31). The van der Waals surface area contributed by atoms with Crippen molar-refractivity contribution >= 4 is 39.7 Å². The van der Waals surface area contributed by atoms with Gasteiger partial charge in [0.1, 0.15) is 11.3 Å². The molecule has 4 heterocycles. The summed E-state index contributed by atoms with van der Waals surface area (Å²) in [5.41, 5.74) is 5.56. The van der Waals surface area contributed by atoms with Crippen LogP contribution in [0.1, 0.15) is 10.5 Å². The van der Waals surface area contributed by atoms with E-state index in [1.165, 1.54) is 9.52 Å². The highest BCUT2D eigenvalue weighted by atomic mass is 16.4. The van der Waals surface area contributed by atoms with Crippen molar-refractivity contribution in [2.75, 3.05) is 5.01 Å². The fourth-order valence-corrected chi connectivity index (χ4v) is 3.98. The number of H-pyrrole nitrogens is 2. The van der Waals surface area contributed by atoms with Crippen molar-refractivity contribution in [2.24, 2.45) is 5.84 Å². The normalized spacial score (nSPS) is 11.6. The third-order valence-corrected chi connectivity index (χ3v) is 5.37. The maximum Gasteiger partial charge on any atom is 0.356 e. The summed E-state index contributed by atoms with van der Waals surface area (Å²) in [4.78, 5) is 19.6. The molecule has 0 saturated heterocycles. The molecule has 2 aromatic carbocycles. The van der Waals surface area contributed by atoms with Gasteiger partial charge in [-0.2, -0.15) is 5.10 Å². The van der Waals surface area contributed by atoms with Crippen molar-refractivity contribution in [1.82, 2.24) is 29.2 Å². The molecule has 6 rings (SSSR count). The number of aromatic nitrogens is 6. The van der Waals surface area contributed by atoms with Gasteiger partial charge in [-0.1, -0.05) is 30.3 Å². The first kappa shape index (κ1) is 17.3. The number of nitrogens with two attached hydrogens (primary N) is 1. The number of aromatic carboxylic acids is 1. The largest absolute Gasteiger partial charge is 0.476 e. The number of carboxylic acid groups (broad SMARTS) is 1. The van der Waals surface area contributed by atoms with Crippen LogP contribution >= 0.6 is 0 Å². The molecule has 0 fully saturated rings. The summed E-state index contributed by atoms with van der Waals surface area (Å²) in [5, 5.41) is 18.3. The highest BCUT2D eigenvalue weighted by Gasteiger charge is 2.26. The zero-order chi connectivity index (χ0) is 21.1. The molecule has 10 nitrogen and oxygen atoms in total. The van der Waals surface area contributed by atoms with E-state index in [2.05, 4.69) is 20.2 Å². The number of hydrogen-bond acceptors (Lipinski definition) is 5. The van der Waals surface area contributed by atoms with Crippen molar-refractivity contribution in [2.45, 2.75) is 0 Å². The Labute approximate surface area is 174 Å². The molecule has 0 radical (unpaired) electrons. The zero-order valence-corrected chi connectivity index (χ0v) is 16.0. The van der Waals surface area contributed by atoms with E-state index in [0.717, 1.165) is 27.8 Å². The third-order valence-electron chi connectivity index (χ3n) is 5.37. The molecule has 0 aliphatic heterocycles. The van der Waals surface area contributed by atoms with Crippen LogP contribution in [0.3, 0.4) is 0 Å². The van der Waals surface area contributed by atoms with E-state index in [1.807, 2.05) is 48.5 Å². The van der Waals surface area contributed by atoms with Gasteiger partial charge in [0.05, 0.1) is 22.9 Å². The van der Waals surface area contributed by atoms with Crippen molar-refractivity contribution < 1.29 is 9.90 Å². The maximum absolute atomic E-state index is 11.9. The lowest BCUT2D eigenvalue weighted by Gasteiger charge is -2.22. The number of benzene rings is 2. The minimum Gasteiger partial charge on any atom is -0.476 e. The van der Waals surface area contributed by atoms with Gasteiger partial charge in [0, 0.05) is 24.0 Å². The lowest BCUT2D eigenvalue weighted by Crippen LogP contribution is -2.27. The number of aromatic amines is 2. The molecule has 152 valence electrons. The van der Waals surface area contributed by atoms with Crippen LogP contribution in [-0.4, -0.2) is 40.3 Å². The molecule has 5 N–H and O–H groups in total. The Kier molecular flexibility index (Phi) is 3.47. The fourth-order valence-electron chi connectivity index (χ4n) is 3.98. The molecule has 0 aliphatic rings. The molecule has 31 heavy (non-hydrogen) atoms. The van der Waals surface area contributed by atoms with Gasteiger partial charge < -0.3 is 10.1 Å². The zero-order valence-electron chi connectivity index (χ0n) is 16.0. The van der Waals surface area contributed by atoms with Gasteiger partial charge in [0.25, 0.3) is 0 Å². The van der Waals surface area contributed by atoms with Gasteiger partial charge in [-0.25, -0.2) is 24.7 Å². The third kappa shape index (κ3) is 2.45. The second kappa shape index (κ2) is 6.21. The molecule has 0 amide bonds. The number of nitrogens with one attached hydrogen (secondary N) is 2. The van der Waals surface area contributed by atoms with Crippen molar-refractivity contribution in [3.8, 4) is 11.1 Å². The smallest absolute Gasteiger partial charge is 0.356 e. The number of rotatable bonds is 4. The van der Waals surface area contributed by atoms with Crippen molar-refractivity contribution in [1.29, 1.82) is 0 Å². The van der Waals surface area contributed by atoms with Crippen LogP contribution in [0, 0.1) is 0 Å². The first-order valence-electron chi connectivity index (χ1n) is 9.50. The minimum atomic E-state index is -1.13. The first-order chi connectivity index (χ1) is 15.1. The Balaban J connectivity index is 1.67. The quantitative estimate of drug-likeness (QED) is 0.260. The molecule has 0 unspecified atom stereocenters. The highest BCUT2D eigenvalue weighted by molar-refractivity contribution is 6.01. The van der Waals surface area contributed by atoms with Gasteiger partial charge in [0.2, 0.25) is 0 Å². The summed E-state index contributed by atoms with van der Waals surface area (Å²) in [6.07, 6.45) is 4.93. The van der Waals surface area contributed by atoms with E-state index in [9.17, 15) is 9.90 Å². The van der Waals surface area contributed by atoms with Gasteiger partial charge in [-0.15, -0.1) is 0 Å². The molecular formula is C21H16N8O2. The summed E-state index contributed by atoms with van der Waals surface area (Å²) >= 11 is 0. The summed E-state index contributed by atoms with van der Waals surface area (Å²) in [7, 11) is 0. The van der Waals surface area contributed by atoms with E-state index in [1.54, 1.807) is 23.1 Å². The summed E-state index contributed by atoms with van der Waals surface area (Å²) in [5.74, 6) is 5.47. The fraction of sp³-hybridized carbons (Fsp3) is 0. The Morgan fingerprint density at radius 2 is 1.97 bits per heavy atom. The van der Waals surface area contributed by atoms with Gasteiger partial charge in [0.15, 0.2) is 11.3 Å². The lowest BCUT2D eigenvalue weighted by molar-refractivity contribution is 0.0691. The van der Waals surface area contributed by atoms with Crippen molar-refractivity contribution in [3.63, 3.8) is 0 Å². The number of hydrazine groups is 1. The van der Waals surface area contributed by atoms with Crippen molar-refractivity contribution in [3.05, 3.63) is 72.8 Å². The van der Waals surface area contributed by atoms with Gasteiger partial charge >= 0.3 is 5.97 Å². The number of carbonyl (C=O) groups is 1. The number of imidazole rings is 2. The maximum atomic E-state index is 11.9. The molecular weight excluding hydrogens is 396 g/mol. The number of nitrogens with zero attached hydrogens (tertiary/aromatic N) is 5. The van der Waals surface area contributed by atoms with Crippen LogP contribution in [0.2, 0.25) is 0 Å². The first-order valence-corrected chi connectivity index (χ1v) is 9.50. The average Bonchev–Trinajstić information content (AvgIpc) is 3.53. The topological polar surface area (TPSA) is 133 Å². The predicted octanol–water partition coefficient (Wildman–Crippen LogP) is 3.17. The Morgan fingerprint density at radius 1 is 1.13 bits per heavy atom. The summed E-state index contributed by atoms with van der Waals surface area (Å²) in [6.45, 7) is 0. The van der Waals surface area contributed by atoms with E-state index in [-0.39, 0.29) is 11.4 Å². The summed E-state index contributed by atoms with van der Waals surface area (Å²) < 4.78 is 3.31. The molecule has 0 saturated carbocycles.